The Balaban J connectivity index is 1.89. The van der Waals surface area contributed by atoms with Gasteiger partial charge in [-0.1, -0.05) is 41.9 Å². The fourth-order valence-electron chi connectivity index (χ4n) is 2.49. The summed E-state index contributed by atoms with van der Waals surface area (Å²) in [5, 5.41) is 2.86. The molecular formula is C20H17ClN2O3S. The van der Waals surface area contributed by atoms with Gasteiger partial charge in [0.25, 0.3) is 15.9 Å². The van der Waals surface area contributed by atoms with Crippen LogP contribution in [0, 0.1) is 6.92 Å². The smallest absolute Gasteiger partial charge is 0.261 e. The van der Waals surface area contributed by atoms with E-state index in [0.29, 0.717) is 11.4 Å². The Kier molecular flexibility index (Phi) is 5.48. The quantitative estimate of drug-likeness (QED) is 0.651. The molecule has 2 N–H and O–H groups in total. The molecule has 0 aliphatic heterocycles. The van der Waals surface area contributed by atoms with Crippen molar-refractivity contribution in [1.82, 2.24) is 0 Å². The molecule has 0 unspecified atom stereocenters. The summed E-state index contributed by atoms with van der Waals surface area (Å²) in [6.45, 7) is 1.87. The summed E-state index contributed by atoms with van der Waals surface area (Å²) >= 11 is 6.11. The molecule has 3 aromatic carbocycles. The van der Waals surface area contributed by atoms with Crippen molar-refractivity contribution in [2.75, 3.05) is 10.0 Å². The van der Waals surface area contributed by atoms with Gasteiger partial charge in [-0.3, -0.25) is 9.52 Å². The number of amides is 1. The van der Waals surface area contributed by atoms with Gasteiger partial charge in [0.2, 0.25) is 0 Å². The average Bonchev–Trinajstić information content (AvgIpc) is 2.62. The maximum Gasteiger partial charge on any atom is 0.261 e. The van der Waals surface area contributed by atoms with E-state index < -0.39 is 15.9 Å². The number of anilines is 2. The van der Waals surface area contributed by atoms with E-state index in [4.69, 9.17) is 11.6 Å². The third kappa shape index (κ3) is 4.67. The van der Waals surface area contributed by atoms with Gasteiger partial charge in [-0.25, -0.2) is 8.42 Å². The monoisotopic (exact) mass is 400 g/mol. The molecule has 0 saturated carbocycles. The topological polar surface area (TPSA) is 75.3 Å². The first kappa shape index (κ1) is 18.9. The Morgan fingerprint density at radius 3 is 2.30 bits per heavy atom. The highest BCUT2D eigenvalue weighted by Gasteiger charge is 2.19. The fraction of sp³-hybridized carbons (Fsp3) is 0.0500. The SMILES string of the molecule is Cc1cccc(NS(=O)(=O)c2ccc(Cl)c(C(=O)Nc3ccccc3)c2)c1. The van der Waals surface area contributed by atoms with Crippen LogP contribution in [0.5, 0.6) is 0 Å². The van der Waals surface area contributed by atoms with Crippen molar-refractivity contribution in [3.8, 4) is 0 Å². The number of hydrogen-bond donors (Lipinski definition) is 2. The van der Waals surface area contributed by atoms with Gasteiger partial charge >= 0.3 is 0 Å². The normalized spacial score (nSPS) is 11.0. The number of hydrogen-bond acceptors (Lipinski definition) is 3. The summed E-state index contributed by atoms with van der Waals surface area (Å²) in [5.41, 5.74) is 2.03. The van der Waals surface area contributed by atoms with Crippen LogP contribution in [0.2, 0.25) is 5.02 Å². The van der Waals surface area contributed by atoms with Crippen molar-refractivity contribution in [2.24, 2.45) is 0 Å². The maximum atomic E-state index is 12.7. The predicted octanol–water partition coefficient (Wildman–Crippen LogP) is 4.70. The minimum Gasteiger partial charge on any atom is -0.322 e. The largest absolute Gasteiger partial charge is 0.322 e. The third-order valence-electron chi connectivity index (χ3n) is 3.79. The Morgan fingerprint density at radius 1 is 0.889 bits per heavy atom. The van der Waals surface area contributed by atoms with Gasteiger partial charge < -0.3 is 5.32 Å². The molecule has 0 aliphatic carbocycles. The molecule has 0 bridgehead atoms. The number of rotatable bonds is 5. The van der Waals surface area contributed by atoms with E-state index in [2.05, 4.69) is 10.0 Å². The van der Waals surface area contributed by atoms with Crippen LogP contribution in [0.3, 0.4) is 0 Å². The summed E-state index contributed by atoms with van der Waals surface area (Å²) < 4.78 is 27.9. The fourth-order valence-corrected chi connectivity index (χ4v) is 3.77. The number of nitrogens with one attached hydrogen (secondary N) is 2. The standard InChI is InChI=1S/C20H17ClN2O3S/c1-14-6-5-9-16(12-14)23-27(25,26)17-10-11-19(21)18(13-17)20(24)22-15-7-3-2-4-8-15/h2-13,23H,1H3,(H,22,24). The van der Waals surface area contributed by atoms with Gasteiger partial charge in [0.15, 0.2) is 0 Å². The first-order chi connectivity index (χ1) is 12.8. The molecule has 0 aromatic heterocycles. The van der Waals surface area contributed by atoms with Crippen LogP contribution in [-0.2, 0) is 10.0 Å². The van der Waals surface area contributed by atoms with E-state index in [1.807, 2.05) is 19.1 Å². The molecule has 27 heavy (non-hydrogen) atoms. The minimum atomic E-state index is -3.86. The Labute approximate surface area is 163 Å². The number of carbonyl (C=O) groups excluding carboxylic acids is 1. The minimum absolute atomic E-state index is 0.0494. The Bertz CT molecular complexity index is 1080. The van der Waals surface area contributed by atoms with Gasteiger partial charge in [0, 0.05) is 11.4 Å². The van der Waals surface area contributed by atoms with Crippen molar-refractivity contribution in [3.63, 3.8) is 0 Å². The zero-order valence-corrected chi connectivity index (χ0v) is 16.0. The summed E-state index contributed by atoms with van der Waals surface area (Å²) in [5.74, 6) is -0.487. The van der Waals surface area contributed by atoms with E-state index >= 15 is 0 Å². The van der Waals surface area contributed by atoms with Crippen LogP contribution in [0.15, 0.2) is 77.7 Å². The van der Waals surface area contributed by atoms with Gasteiger partial charge in [-0.15, -0.1) is 0 Å². The zero-order chi connectivity index (χ0) is 19.4. The highest BCUT2D eigenvalue weighted by Crippen LogP contribution is 2.24. The average molecular weight is 401 g/mol. The summed E-state index contributed by atoms with van der Waals surface area (Å²) in [6, 6.07) is 19.9. The molecule has 3 rings (SSSR count). The van der Waals surface area contributed by atoms with Crippen molar-refractivity contribution in [1.29, 1.82) is 0 Å². The molecule has 1 amide bonds. The van der Waals surface area contributed by atoms with Crippen LogP contribution < -0.4 is 10.0 Å². The van der Waals surface area contributed by atoms with Crippen molar-refractivity contribution < 1.29 is 13.2 Å². The first-order valence-electron chi connectivity index (χ1n) is 8.10. The van der Waals surface area contributed by atoms with E-state index in [1.54, 1.807) is 42.5 Å². The predicted molar refractivity (Wildman–Crippen MR) is 108 cm³/mol. The van der Waals surface area contributed by atoms with Crippen molar-refractivity contribution >= 4 is 38.9 Å². The number of aryl methyl sites for hydroxylation is 1. The number of carbonyl (C=O) groups is 1. The lowest BCUT2D eigenvalue weighted by molar-refractivity contribution is 0.102. The first-order valence-corrected chi connectivity index (χ1v) is 9.97. The molecular weight excluding hydrogens is 384 g/mol. The second-order valence-corrected chi connectivity index (χ2v) is 8.03. The van der Waals surface area contributed by atoms with E-state index in [9.17, 15) is 13.2 Å². The molecule has 0 radical (unpaired) electrons. The maximum absolute atomic E-state index is 12.7. The molecule has 7 heteroatoms. The number of sulfonamides is 1. The summed E-state index contributed by atoms with van der Waals surface area (Å²) in [7, 11) is -3.86. The Hall–Kier alpha value is -2.83. The third-order valence-corrected chi connectivity index (χ3v) is 5.50. The lowest BCUT2D eigenvalue weighted by atomic mass is 10.2. The number of para-hydroxylation sites is 1. The molecule has 0 aliphatic rings. The molecule has 5 nitrogen and oxygen atoms in total. The molecule has 3 aromatic rings. The van der Waals surface area contributed by atoms with Crippen molar-refractivity contribution in [2.45, 2.75) is 11.8 Å². The molecule has 138 valence electrons. The van der Waals surface area contributed by atoms with E-state index in [-0.39, 0.29) is 15.5 Å². The van der Waals surface area contributed by atoms with Crippen LogP contribution in [0.25, 0.3) is 0 Å². The summed E-state index contributed by atoms with van der Waals surface area (Å²) in [4.78, 5) is 12.5. The number of benzene rings is 3. The van der Waals surface area contributed by atoms with E-state index in [1.165, 1.54) is 18.2 Å². The lowest BCUT2D eigenvalue weighted by Crippen LogP contribution is -2.16. The van der Waals surface area contributed by atoms with Gasteiger partial charge in [0.05, 0.1) is 15.5 Å². The number of halogens is 1. The zero-order valence-electron chi connectivity index (χ0n) is 14.4. The second kappa shape index (κ2) is 7.82. The lowest BCUT2D eigenvalue weighted by Gasteiger charge is -2.11. The Morgan fingerprint density at radius 2 is 1.59 bits per heavy atom. The highest BCUT2D eigenvalue weighted by atomic mass is 35.5. The van der Waals surface area contributed by atoms with Crippen LogP contribution in [0.4, 0.5) is 11.4 Å². The molecule has 0 spiro atoms. The van der Waals surface area contributed by atoms with Crippen molar-refractivity contribution in [3.05, 3.63) is 88.9 Å². The van der Waals surface area contributed by atoms with Crippen LogP contribution in [0.1, 0.15) is 15.9 Å². The molecule has 0 atom stereocenters. The van der Waals surface area contributed by atoms with E-state index in [0.717, 1.165) is 5.56 Å². The van der Waals surface area contributed by atoms with Gasteiger partial charge in [-0.2, -0.15) is 0 Å². The van der Waals surface area contributed by atoms with Gasteiger partial charge in [-0.05, 0) is 55.0 Å². The van der Waals surface area contributed by atoms with Gasteiger partial charge in [0.1, 0.15) is 0 Å². The second-order valence-electron chi connectivity index (χ2n) is 5.94. The molecule has 0 fully saturated rings. The van der Waals surface area contributed by atoms with Crippen LogP contribution in [-0.4, -0.2) is 14.3 Å². The molecule has 0 heterocycles. The summed E-state index contributed by atoms with van der Waals surface area (Å²) in [6.07, 6.45) is 0. The highest BCUT2D eigenvalue weighted by molar-refractivity contribution is 7.92. The molecule has 0 saturated heterocycles. The van der Waals surface area contributed by atoms with Crippen LogP contribution >= 0.6 is 11.6 Å².